The molecule has 0 aliphatic carbocycles. The first-order valence-electron chi connectivity index (χ1n) is 4.36. The van der Waals surface area contributed by atoms with Gasteiger partial charge >= 0.3 is 0 Å². The number of aromatic nitrogens is 4. The Morgan fingerprint density at radius 1 is 1.21 bits per heavy atom. The van der Waals surface area contributed by atoms with Crippen LogP contribution in [0.1, 0.15) is 0 Å². The molecule has 3 aromatic heterocycles. The number of nitrogens with one attached hydrogen (secondary N) is 1. The van der Waals surface area contributed by atoms with Crippen LogP contribution in [-0.2, 0) is 0 Å². The number of fused-ring (bicyclic) bond motifs is 1. The number of hydrogen-bond donors (Lipinski definition) is 1. The highest BCUT2D eigenvalue weighted by molar-refractivity contribution is 5.61. The third-order valence-corrected chi connectivity index (χ3v) is 2.21. The minimum atomic E-state index is 0.948. The van der Waals surface area contributed by atoms with E-state index in [1.54, 1.807) is 6.20 Å². The van der Waals surface area contributed by atoms with Gasteiger partial charge in [-0.2, -0.15) is 5.10 Å². The Kier molecular flexibility index (Phi) is 1.41. The fraction of sp³-hybridized carbons (Fsp3) is 0. The van der Waals surface area contributed by atoms with E-state index in [1.165, 1.54) is 0 Å². The molecule has 0 atom stereocenters. The Morgan fingerprint density at radius 2 is 2.21 bits per heavy atom. The summed E-state index contributed by atoms with van der Waals surface area (Å²) in [6, 6.07) is 5.93. The summed E-state index contributed by atoms with van der Waals surface area (Å²) in [6.45, 7) is 0. The zero-order valence-electron chi connectivity index (χ0n) is 7.38. The van der Waals surface area contributed by atoms with E-state index in [4.69, 9.17) is 0 Å². The minimum absolute atomic E-state index is 0.948. The average Bonchev–Trinajstić information content (AvgIpc) is 2.85. The van der Waals surface area contributed by atoms with Gasteiger partial charge in [0.05, 0.1) is 18.1 Å². The SMILES string of the molecule is c1ccn2c(-c3cn[nH]c3)cnc2c1. The molecule has 4 heteroatoms. The quantitative estimate of drug-likeness (QED) is 0.626. The first kappa shape index (κ1) is 7.32. The standard InChI is InChI=1S/C10H8N4/c1-2-4-14-9(7-11-10(14)3-1)8-5-12-13-6-8/h1-7H,(H,12,13). The molecule has 3 heterocycles. The third-order valence-electron chi connectivity index (χ3n) is 2.21. The van der Waals surface area contributed by atoms with Crippen molar-refractivity contribution in [1.29, 1.82) is 0 Å². The van der Waals surface area contributed by atoms with E-state index >= 15 is 0 Å². The summed E-state index contributed by atoms with van der Waals surface area (Å²) >= 11 is 0. The second kappa shape index (κ2) is 2.70. The predicted molar refractivity (Wildman–Crippen MR) is 52.8 cm³/mol. The number of rotatable bonds is 1. The van der Waals surface area contributed by atoms with Crippen molar-refractivity contribution >= 4 is 5.65 Å². The highest BCUT2D eigenvalue weighted by atomic mass is 15.1. The summed E-state index contributed by atoms with van der Waals surface area (Å²) in [7, 11) is 0. The minimum Gasteiger partial charge on any atom is -0.300 e. The van der Waals surface area contributed by atoms with Crippen LogP contribution in [0.2, 0.25) is 0 Å². The van der Waals surface area contributed by atoms with E-state index < -0.39 is 0 Å². The molecule has 68 valence electrons. The van der Waals surface area contributed by atoms with Crippen LogP contribution in [0.15, 0.2) is 43.0 Å². The molecule has 0 aromatic carbocycles. The molecule has 0 saturated carbocycles. The van der Waals surface area contributed by atoms with Crippen LogP contribution in [0.25, 0.3) is 16.9 Å². The Morgan fingerprint density at radius 3 is 3.07 bits per heavy atom. The number of hydrogen-bond acceptors (Lipinski definition) is 2. The van der Waals surface area contributed by atoms with Crippen LogP contribution in [-0.4, -0.2) is 19.6 Å². The summed E-state index contributed by atoms with van der Waals surface area (Å²) in [5, 5.41) is 6.71. The van der Waals surface area contributed by atoms with Crippen LogP contribution in [0.5, 0.6) is 0 Å². The molecule has 0 aliphatic heterocycles. The average molecular weight is 184 g/mol. The Balaban J connectivity index is 2.33. The zero-order chi connectivity index (χ0) is 9.38. The Labute approximate surface area is 80.2 Å². The van der Waals surface area contributed by atoms with Gasteiger partial charge in [0.1, 0.15) is 5.65 Å². The topological polar surface area (TPSA) is 46.0 Å². The van der Waals surface area contributed by atoms with Crippen LogP contribution in [0.3, 0.4) is 0 Å². The number of H-pyrrole nitrogens is 1. The number of pyridine rings is 1. The highest BCUT2D eigenvalue weighted by Gasteiger charge is 2.04. The number of imidazole rings is 1. The smallest absolute Gasteiger partial charge is 0.137 e. The van der Waals surface area contributed by atoms with Gasteiger partial charge in [-0.05, 0) is 12.1 Å². The summed E-state index contributed by atoms with van der Waals surface area (Å²) in [5.41, 5.74) is 3.04. The van der Waals surface area contributed by atoms with Crippen molar-refractivity contribution < 1.29 is 0 Å². The molecule has 0 bridgehead atoms. The van der Waals surface area contributed by atoms with Crippen molar-refractivity contribution in [2.45, 2.75) is 0 Å². The molecule has 0 amide bonds. The van der Waals surface area contributed by atoms with Crippen LogP contribution in [0.4, 0.5) is 0 Å². The van der Waals surface area contributed by atoms with Crippen molar-refractivity contribution in [2.75, 3.05) is 0 Å². The van der Waals surface area contributed by atoms with Gasteiger partial charge in [0.15, 0.2) is 0 Å². The number of nitrogens with zero attached hydrogens (tertiary/aromatic N) is 3. The lowest BCUT2D eigenvalue weighted by atomic mass is 10.3. The van der Waals surface area contributed by atoms with Crippen molar-refractivity contribution in [3.05, 3.63) is 43.0 Å². The number of aromatic amines is 1. The third kappa shape index (κ3) is 0.939. The van der Waals surface area contributed by atoms with Gasteiger partial charge in [0, 0.05) is 18.0 Å². The monoisotopic (exact) mass is 184 g/mol. The van der Waals surface area contributed by atoms with Gasteiger partial charge in [0.2, 0.25) is 0 Å². The van der Waals surface area contributed by atoms with E-state index in [0.29, 0.717) is 0 Å². The van der Waals surface area contributed by atoms with Crippen LogP contribution < -0.4 is 0 Å². The molecule has 0 fully saturated rings. The molecule has 4 nitrogen and oxygen atoms in total. The first-order valence-corrected chi connectivity index (χ1v) is 4.36. The fourth-order valence-electron chi connectivity index (χ4n) is 1.54. The first-order chi connectivity index (χ1) is 6.95. The molecular formula is C10H8N4. The lowest BCUT2D eigenvalue weighted by Crippen LogP contribution is -1.84. The molecule has 1 N–H and O–H groups in total. The zero-order valence-corrected chi connectivity index (χ0v) is 7.38. The normalized spacial score (nSPS) is 10.9. The lowest BCUT2D eigenvalue weighted by molar-refractivity contribution is 1.09. The molecular weight excluding hydrogens is 176 g/mol. The van der Waals surface area contributed by atoms with Gasteiger partial charge in [-0.3, -0.25) is 9.50 Å². The molecule has 3 aromatic rings. The van der Waals surface area contributed by atoms with Crippen molar-refractivity contribution in [3.8, 4) is 11.3 Å². The lowest BCUT2D eigenvalue weighted by Gasteiger charge is -1.96. The van der Waals surface area contributed by atoms with Gasteiger partial charge in [-0.25, -0.2) is 4.98 Å². The largest absolute Gasteiger partial charge is 0.300 e. The summed E-state index contributed by atoms with van der Waals surface area (Å²) in [4.78, 5) is 4.30. The molecule has 3 rings (SSSR count). The summed E-state index contributed by atoms with van der Waals surface area (Å²) < 4.78 is 2.03. The van der Waals surface area contributed by atoms with E-state index in [9.17, 15) is 0 Å². The van der Waals surface area contributed by atoms with Gasteiger partial charge < -0.3 is 0 Å². The second-order valence-electron chi connectivity index (χ2n) is 3.06. The maximum atomic E-state index is 4.30. The van der Waals surface area contributed by atoms with Crippen LogP contribution >= 0.6 is 0 Å². The van der Waals surface area contributed by atoms with E-state index in [1.807, 2.05) is 41.2 Å². The molecule has 0 saturated heterocycles. The summed E-state index contributed by atoms with van der Waals surface area (Å²) in [5.74, 6) is 0. The molecule has 0 spiro atoms. The van der Waals surface area contributed by atoms with Crippen LogP contribution in [0, 0.1) is 0 Å². The maximum absolute atomic E-state index is 4.30. The molecule has 0 radical (unpaired) electrons. The second-order valence-corrected chi connectivity index (χ2v) is 3.06. The maximum Gasteiger partial charge on any atom is 0.137 e. The van der Waals surface area contributed by atoms with E-state index in [2.05, 4.69) is 15.2 Å². The van der Waals surface area contributed by atoms with E-state index in [-0.39, 0.29) is 0 Å². The Bertz CT molecular complexity index is 550. The molecule has 14 heavy (non-hydrogen) atoms. The molecule has 0 unspecified atom stereocenters. The summed E-state index contributed by atoms with van der Waals surface area (Å²) in [6.07, 6.45) is 7.48. The Hall–Kier alpha value is -2.10. The van der Waals surface area contributed by atoms with Crippen molar-refractivity contribution in [3.63, 3.8) is 0 Å². The highest BCUT2D eigenvalue weighted by Crippen LogP contribution is 2.18. The van der Waals surface area contributed by atoms with Gasteiger partial charge in [0.25, 0.3) is 0 Å². The van der Waals surface area contributed by atoms with E-state index in [0.717, 1.165) is 16.9 Å². The van der Waals surface area contributed by atoms with Gasteiger partial charge in [-0.1, -0.05) is 6.07 Å². The van der Waals surface area contributed by atoms with Gasteiger partial charge in [-0.15, -0.1) is 0 Å². The predicted octanol–water partition coefficient (Wildman–Crippen LogP) is 1.72. The van der Waals surface area contributed by atoms with Crippen molar-refractivity contribution in [1.82, 2.24) is 19.6 Å². The fourth-order valence-corrected chi connectivity index (χ4v) is 1.54. The van der Waals surface area contributed by atoms with Crippen molar-refractivity contribution in [2.24, 2.45) is 0 Å². The molecule has 0 aliphatic rings.